The third-order valence-electron chi connectivity index (χ3n) is 6.30. The minimum atomic E-state index is -4.87. The number of ether oxygens (including phenoxy) is 1. The quantitative estimate of drug-likeness (QED) is 0.400. The predicted molar refractivity (Wildman–Crippen MR) is 121 cm³/mol. The van der Waals surface area contributed by atoms with Gasteiger partial charge in [-0.3, -0.25) is 9.59 Å². The average Bonchev–Trinajstić information content (AvgIpc) is 2.84. The van der Waals surface area contributed by atoms with Crippen LogP contribution in [0.15, 0.2) is 17.2 Å². The fourth-order valence-corrected chi connectivity index (χ4v) is 4.55. The van der Waals surface area contributed by atoms with Crippen LogP contribution in [0, 0.1) is 0 Å². The van der Waals surface area contributed by atoms with Gasteiger partial charge in [0.1, 0.15) is 5.56 Å². The lowest BCUT2D eigenvalue weighted by Crippen LogP contribution is -2.57. The highest BCUT2D eigenvalue weighted by Crippen LogP contribution is 2.34. The van der Waals surface area contributed by atoms with E-state index in [1.807, 2.05) is 4.90 Å². The van der Waals surface area contributed by atoms with Crippen molar-refractivity contribution in [1.82, 2.24) is 25.1 Å². The molecule has 4 rings (SSSR count). The Bertz CT molecular complexity index is 1220. The molecule has 0 radical (unpaired) electrons. The molecule has 1 saturated heterocycles. The first-order valence-electron chi connectivity index (χ1n) is 11.8. The van der Waals surface area contributed by atoms with Crippen LogP contribution >= 0.6 is 0 Å². The highest BCUT2D eigenvalue weighted by molar-refractivity contribution is 5.76. The highest BCUT2D eigenvalue weighted by atomic mass is 19.4. The molecule has 2 aromatic rings. The van der Waals surface area contributed by atoms with Gasteiger partial charge in [0, 0.05) is 31.7 Å². The van der Waals surface area contributed by atoms with E-state index in [-0.39, 0.29) is 31.6 Å². The van der Waals surface area contributed by atoms with Gasteiger partial charge in [-0.25, -0.2) is 15.1 Å². The molecule has 1 fully saturated rings. The van der Waals surface area contributed by atoms with Crippen molar-refractivity contribution >= 4 is 17.4 Å². The lowest BCUT2D eigenvalue weighted by molar-refractivity contribution is -0.141. The Balaban J connectivity index is 1.24. The molecule has 0 aromatic carbocycles. The summed E-state index contributed by atoms with van der Waals surface area (Å²) in [4.78, 5) is 35.5. The van der Waals surface area contributed by atoms with Crippen LogP contribution in [-0.2, 0) is 28.3 Å². The number of hydrogen-bond donors (Lipinski definition) is 2. The zero-order valence-electron chi connectivity index (χ0n) is 20.2. The maximum atomic E-state index is 13.2. The molecule has 2 aliphatic rings. The Morgan fingerprint density at radius 2 is 1.97 bits per heavy atom. The average molecular weight is 549 g/mol. The minimum Gasteiger partial charge on any atom is -0.379 e. The van der Waals surface area contributed by atoms with E-state index >= 15 is 0 Å². The fourth-order valence-electron chi connectivity index (χ4n) is 4.55. The highest BCUT2D eigenvalue weighted by Gasteiger charge is 2.39. The fraction of sp³-hybridized carbons (Fsp3) is 0.591. The molecule has 10 nitrogen and oxygen atoms in total. The zero-order valence-corrected chi connectivity index (χ0v) is 20.2. The van der Waals surface area contributed by atoms with E-state index in [0.717, 1.165) is 12.4 Å². The summed E-state index contributed by atoms with van der Waals surface area (Å²) >= 11 is 0. The number of piperazine rings is 1. The number of carbonyl (C=O) groups is 1. The minimum absolute atomic E-state index is 0.0247. The smallest absolute Gasteiger partial charge is 0.379 e. The number of aromatic nitrogens is 4. The molecule has 0 spiro atoms. The molecule has 2 atom stereocenters. The number of nitrogens with one attached hydrogen (secondary N) is 2. The number of fused-ring (bicyclic) bond motifs is 3. The maximum absolute atomic E-state index is 13.2. The van der Waals surface area contributed by atoms with Crippen molar-refractivity contribution in [3.05, 3.63) is 39.7 Å². The van der Waals surface area contributed by atoms with Crippen LogP contribution in [-0.4, -0.2) is 75.9 Å². The number of hydrogen-bond acceptors (Lipinski definition) is 8. The van der Waals surface area contributed by atoms with Crippen molar-refractivity contribution < 1.29 is 35.9 Å². The van der Waals surface area contributed by atoms with E-state index in [4.69, 9.17) is 4.74 Å². The molecule has 208 valence electrons. The van der Waals surface area contributed by atoms with E-state index in [0.29, 0.717) is 44.0 Å². The SMILES string of the molecule is CC(COCCC(=O)N1CCN2c3ncc(C(F)(F)F)nc3CC[C@@H]2C1)Nc1cn[nH]c(=O)c1C(F)(F)F. The number of anilines is 2. The van der Waals surface area contributed by atoms with E-state index in [2.05, 4.69) is 20.4 Å². The second-order valence-electron chi connectivity index (χ2n) is 9.10. The summed E-state index contributed by atoms with van der Waals surface area (Å²) in [5.74, 6) is 0.239. The Labute approximate surface area is 212 Å². The summed E-state index contributed by atoms with van der Waals surface area (Å²) in [6, 6.07) is -0.707. The molecule has 2 N–H and O–H groups in total. The molecule has 1 unspecified atom stereocenters. The first-order valence-corrected chi connectivity index (χ1v) is 11.8. The number of nitrogens with zero attached hydrogens (tertiary/aromatic N) is 5. The zero-order chi connectivity index (χ0) is 27.7. The summed E-state index contributed by atoms with van der Waals surface area (Å²) in [7, 11) is 0. The lowest BCUT2D eigenvalue weighted by atomic mass is 9.99. The van der Waals surface area contributed by atoms with E-state index < -0.39 is 40.9 Å². The van der Waals surface area contributed by atoms with Gasteiger partial charge in [-0.1, -0.05) is 0 Å². The van der Waals surface area contributed by atoms with Crippen LogP contribution in [0.25, 0.3) is 0 Å². The van der Waals surface area contributed by atoms with Crippen molar-refractivity contribution in [3.8, 4) is 0 Å². The molecule has 0 bridgehead atoms. The third kappa shape index (κ3) is 6.16. The van der Waals surface area contributed by atoms with Crippen LogP contribution in [0.5, 0.6) is 0 Å². The largest absolute Gasteiger partial charge is 0.434 e. The van der Waals surface area contributed by atoms with Crippen LogP contribution in [0.3, 0.4) is 0 Å². The molecular weight excluding hydrogens is 524 g/mol. The first-order chi connectivity index (χ1) is 17.8. The molecule has 2 aromatic heterocycles. The van der Waals surface area contributed by atoms with Gasteiger partial charge in [0.05, 0.1) is 43.4 Å². The molecule has 2 aliphatic heterocycles. The van der Waals surface area contributed by atoms with Crippen molar-refractivity contribution in [2.75, 3.05) is 43.1 Å². The second-order valence-corrected chi connectivity index (χ2v) is 9.10. The van der Waals surface area contributed by atoms with E-state index in [1.165, 1.54) is 0 Å². The maximum Gasteiger partial charge on any atom is 0.434 e. The summed E-state index contributed by atoms with van der Waals surface area (Å²) in [5.41, 5.74) is -3.94. The Morgan fingerprint density at radius 1 is 1.21 bits per heavy atom. The molecule has 0 aliphatic carbocycles. The van der Waals surface area contributed by atoms with Gasteiger partial charge in [0.2, 0.25) is 5.91 Å². The third-order valence-corrected chi connectivity index (χ3v) is 6.30. The van der Waals surface area contributed by atoms with Gasteiger partial charge in [-0.05, 0) is 19.8 Å². The van der Waals surface area contributed by atoms with Crippen molar-refractivity contribution in [3.63, 3.8) is 0 Å². The second kappa shape index (κ2) is 10.7. The van der Waals surface area contributed by atoms with E-state index in [1.54, 1.807) is 16.9 Å². The topological polar surface area (TPSA) is 116 Å². The molecule has 38 heavy (non-hydrogen) atoms. The van der Waals surface area contributed by atoms with Gasteiger partial charge in [-0.2, -0.15) is 31.4 Å². The number of amides is 1. The van der Waals surface area contributed by atoms with Gasteiger partial charge in [0.25, 0.3) is 5.56 Å². The Kier molecular flexibility index (Phi) is 7.80. The van der Waals surface area contributed by atoms with Gasteiger partial charge >= 0.3 is 12.4 Å². The van der Waals surface area contributed by atoms with Crippen LogP contribution < -0.4 is 15.8 Å². The summed E-state index contributed by atoms with van der Waals surface area (Å²) in [5, 5.41) is 7.71. The summed E-state index contributed by atoms with van der Waals surface area (Å²) in [6.45, 7) is 2.70. The van der Waals surface area contributed by atoms with Crippen molar-refractivity contribution in [1.29, 1.82) is 0 Å². The van der Waals surface area contributed by atoms with Crippen molar-refractivity contribution in [2.24, 2.45) is 0 Å². The molecular formula is C22H25F6N7O3. The van der Waals surface area contributed by atoms with Crippen LogP contribution in [0.4, 0.5) is 37.8 Å². The number of alkyl halides is 6. The summed E-state index contributed by atoms with van der Waals surface area (Å²) in [6.07, 6.45) is -6.94. The molecule has 1 amide bonds. The van der Waals surface area contributed by atoms with Gasteiger partial charge in [-0.15, -0.1) is 0 Å². The number of rotatable bonds is 7. The first kappa shape index (κ1) is 27.6. The van der Waals surface area contributed by atoms with Gasteiger partial charge < -0.3 is 19.9 Å². The van der Waals surface area contributed by atoms with Gasteiger partial charge in [0.15, 0.2) is 11.5 Å². The number of carbonyl (C=O) groups excluding carboxylic acids is 1. The van der Waals surface area contributed by atoms with Crippen LogP contribution in [0.1, 0.15) is 36.7 Å². The monoisotopic (exact) mass is 549 g/mol. The standard InChI is InChI=1S/C22H25F6N7O3/c1-12(31-15-8-30-33-20(37)18(15)22(26,27)28)11-38-7-4-17(36)34-5-6-35-13(10-34)2-3-14-19(35)29-9-16(32-14)21(23,24)25/h8-9,12-13H,2-7,10-11H2,1H3,(H2,31,33,37)/t12?,13-/m1/s1. The molecule has 4 heterocycles. The number of aryl methyl sites for hydroxylation is 1. The van der Waals surface area contributed by atoms with E-state index in [9.17, 15) is 35.9 Å². The Morgan fingerprint density at radius 3 is 2.68 bits per heavy atom. The molecule has 0 saturated carbocycles. The normalized spacial score (nSPS) is 18.6. The summed E-state index contributed by atoms with van der Waals surface area (Å²) < 4.78 is 83.8. The number of halogens is 6. The number of H-pyrrole nitrogens is 1. The molecule has 16 heteroatoms. The van der Waals surface area contributed by atoms with Crippen molar-refractivity contribution in [2.45, 2.75) is 50.6 Å². The number of aromatic amines is 1. The van der Waals surface area contributed by atoms with Crippen LogP contribution in [0.2, 0.25) is 0 Å². The predicted octanol–water partition coefficient (Wildman–Crippen LogP) is 2.47. The Hall–Kier alpha value is -3.43. The lowest BCUT2D eigenvalue weighted by Gasteiger charge is -2.45.